The molecule has 2 aromatic heterocycles. The highest BCUT2D eigenvalue weighted by atomic mass is 32.1. The van der Waals surface area contributed by atoms with Crippen molar-refractivity contribution in [3.63, 3.8) is 0 Å². The van der Waals surface area contributed by atoms with Crippen LogP contribution in [0, 0.1) is 11.8 Å². The van der Waals surface area contributed by atoms with Gasteiger partial charge < -0.3 is 29.6 Å². The summed E-state index contributed by atoms with van der Waals surface area (Å²) in [6, 6.07) is 6.12. The summed E-state index contributed by atoms with van der Waals surface area (Å²) in [4.78, 5) is 67.9. The number of alkyl halides is 1. The maximum Gasteiger partial charge on any atom is 0.363 e. The molecule has 6 atom stereocenters. The number of nitrogens with zero attached hydrogens (tertiary/aromatic N) is 3. The molecule has 1 aliphatic carbocycles. The van der Waals surface area contributed by atoms with Crippen LogP contribution in [0.1, 0.15) is 64.7 Å². The van der Waals surface area contributed by atoms with Gasteiger partial charge in [0, 0.05) is 47.7 Å². The number of carbonyl (C=O) groups is 3. The number of nitrogens with one attached hydrogen (secondary N) is 1. The molecule has 0 spiro atoms. The topological polar surface area (TPSA) is 149 Å². The standard InChI is InChI=1S/C31H34FN4O7PS/c1-43-25-6-7-33-13-22(25)20-14-35(15-20)31(39)24-4-3-21-10-17-9-18(17)11-23(30(38)36(21)24)34-29(37)27-12-19-8-16(2-5-26(19)45-27)28(32)44(40,41)42/h2,5-8,12-13,17-18,20-21,23-24,28H,3-4,9-11,14-15H2,1H3,(H,34,37)(H2,40,41,42)/t17-,18+,21+,23-,24-,28?/m0/s1. The zero-order chi connectivity index (χ0) is 31.6. The van der Waals surface area contributed by atoms with Gasteiger partial charge in [0.05, 0.1) is 12.0 Å². The van der Waals surface area contributed by atoms with E-state index >= 15 is 0 Å². The molecule has 5 heterocycles. The van der Waals surface area contributed by atoms with Gasteiger partial charge in [-0.05, 0) is 79.2 Å². The number of thiophene rings is 1. The van der Waals surface area contributed by atoms with Gasteiger partial charge in [-0.25, -0.2) is 4.39 Å². The van der Waals surface area contributed by atoms with Crippen molar-refractivity contribution in [2.75, 3.05) is 20.2 Å². The predicted molar refractivity (Wildman–Crippen MR) is 164 cm³/mol. The molecule has 238 valence electrons. The first kappa shape index (κ1) is 30.3. The summed E-state index contributed by atoms with van der Waals surface area (Å²) in [6.07, 6.45) is 7.16. The minimum absolute atomic E-state index is 0.0398. The number of halogens is 1. The lowest BCUT2D eigenvalue weighted by molar-refractivity contribution is -0.149. The van der Waals surface area contributed by atoms with Gasteiger partial charge in [-0.2, -0.15) is 0 Å². The second kappa shape index (κ2) is 11.5. The molecule has 4 aliphatic rings. The van der Waals surface area contributed by atoms with Crippen LogP contribution in [0.3, 0.4) is 0 Å². The first-order valence-corrected chi connectivity index (χ1v) is 17.6. The van der Waals surface area contributed by atoms with E-state index in [-0.39, 0.29) is 29.3 Å². The van der Waals surface area contributed by atoms with Crippen molar-refractivity contribution >= 4 is 46.7 Å². The molecular formula is C31H34FN4O7PS. The highest BCUT2D eigenvalue weighted by molar-refractivity contribution is 7.51. The normalized spacial score (nSPS) is 27.2. The number of carbonyl (C=O) groups excluding carboxylic acids is 3. The van der Waals surface area contributed by atoms with Gasteiger partial charge in [-0.15, -0.1) is 11.3 Å². The zero-order valence-electron chi connectivity index (χ0n) is 24.5. The Kier molecular flexibility index (Phi) is 7.71. The fourth-order valence-electron chi connectivity index (χ4n) is 7.33. The Bertz CT molecular complexity index is 1720. The Morgan fingerprint density at radius 3 is 2.67 bits per heavy atom. The molecule has 3 aliphatic heterocycles. The first-order valence-electron chi connectivity index (χ1n) is 15.1. The van der Waals surface area contributed by atoms with Gasteiger partial charge in [0.25, 0.3) is 5.91 Å². The summed E-state index contributed by atoms with van der Waals surface area (Å²) in [7, 11) is -3.37. The van der Waals surface area contributed by atoms with Crippen molar-refractivity contribution in [3.05, 3.63) is 58.7 Å². The van der Waals surface area contributed by atoms with Gasteiger partial charge >= 0.3 is 7.60 Å². The molecule has 1 aromatic carbocycles. The van der Waals surface area contributed by atoms with E-state index in [0.29, 0.717) is 52.7 Å². The van der Waals surface area contributed by atoms with Crippen LogP contribution in [0.5, 0.6) is 5.75 Å². The molecule has 3 saturated heterocycles. The number of benzene rings is 1. The zero-order valence-corrected chi connectivity index (χ0v) is 26.3. The smallest absolute Gasteiger partial charge is 0.363 e. The molecule has 3 aromatic rings. The van der Waals surface area contributed by atoms with E-state index in [9.17, 15) is 33.1 Å². The summed E-state index contributed by atoms with van der Waals surface area (Å²) in [6.45, 7) is 1.06. The van der Waals surface area contributed by atoms with Crippen molar-refractivity contribution in [1.82, 2.24) is 20.1 Å². The Labute approximate surface area is 262 Å². The van der Waals surface area contributed by atoms with Gasteiger partial charge in [0.2, 0.25) is 17.7 Å². The number of aromatic nitrogens is 1. The van der Waals surface area contributed by atoms with Gasteiger partial charge in [0.1, 0.15) is 17.8 Å². The second-order valence-electron chi connectivity index (χ2n) is 12.6. The van der Waals surface area contributed by atoms with Crippen LogP contribution in [0.25, 0.3) is 10.1 Å². The van der Waals surface area contributed by atoms with E-state index in [4.69, 9.17) is 4.74 Å². The number of hydrogen-bond acceptors (Lipinski definition) is 7. The number of fused-ring (bicyclic) bond motifs is 3. The Hall–Kier alpha value is -3.38. The van der Waals surface area contributed by atoms with Crippen molar-refractivity contribution in [2.24, 2.45) is 11.8 Å². The van der Waals surface area contributed by atoms with E-state index in [1.54, 1.807) is 35.4 Å². The lowest BCUT2D eigenvalue weighted by Crippen LogP contribution is -2.59. The second-order valence-corrected chi connectivity index (χ2v) is 15.4. The minimum atomic E-state index is -4.98. The third-order valence-corrected chi connectivity index (χ3v) is 11.8. The minimum Gasteiger partial charge on any atom is -0.496 e. The predicted octanol–water partition coefficient (Wildman–Crippen LogP) is 3.96. The van der Waals surface area contributed by atoms with E-state index < -0.39 is 31.5 Å². The summed E-state index contributed by atoms with van der Waals surface area (Å²) >= 11 is 1.16. The van der Waals surface area contributed by atoms with E-state index in [0.717, 1.165) is 41.9 Å². The maximum atomic E-state index is 14.3. The molecule has 4 fully saturated rings. The fourth-order valence-corrected chi connectivity index (χ4v) is 8.82. The maximum absolute atomic E-state index is 14.3. The molecule has 7 rings (SSSR count). The van der Waals surface area contributed by atoms with Crippen LogP contribution < -0.4 is 10.1 Å². The van der Waals surface area contributed by atoms with Crippen LogP contribution in [0.15, 0.2) is 42.7 Å². The van der Waals surface area contributed by atoms with Gasteiger partial charge in [0.15, 0.2) is 0 Å². The van der Waals surface area contributed by atoms with Crippen LogP contribution >= 0.6 is 18.9 Å². The fraction of sp³-hybridized carbons (Fsp3) is 0.484. The Morgan fingerprint density at radius 1 is 1.13 bits per heavy atom. The van der Waals surface area contributed by atoms with E-state index in [1.165, 1.54) is 18.2 Å². The lowest BCUT2D eigenvalue weighted by Gasteiger charge is -2.43. The highest BCUT2D eigenvalue weighted by Crippen LogP contribution is 2.53. The molecule has 14 heteroatoms. The Balaban J connectivity index is 1.07. The highest BCUT2D eigenvalue weighted by Gasteiger charge is 2.52. The average molecular weight is 657 g/mol. The molecule has 0 bridgehead atoms. The molecule has 1 unspecified atom stereocenters. The number of ether oxygens (including phenoxy) is 1. The van der Waals surface area contributed by atoms with Crippen LogP contribution in [-0.4, -0.2) is 80.6 Å². The number of likely N-dealkylation sites (tertiary alicyclic amines) is 1. The van der Waals surface area contributed by atoms with Crippen molar-refractivity contribution in [1.29, 1.82) is 0 Å². The third-order valence-electron chi connectivity index (χ3n) is 9.83. The molecule has 3 N–H and O–H groups in total. The molecule has 45 heavy (non-hydrogen) atoms. The summed E-state index contributed by atoms with van der Waals surface area (Å²) in [5, 5.41) is 3.42. The number of amides is 3. The quantitative estimate of drug-likeness (QED) is 0.324. The molecular weight excluding hydrogens is 622 g/mol. The third kappa shape index (κ3) is 5.64. The summed E-state index contributed by atoms with van der Waals surface area (Å²) < 4.78 is 31.8. The number of methoxy groups -OCH3 is 1. The molecule has 0 radical (unpaired) electrons. The van der Waals surface area contributed by atoms with E-state index in [2.05, 4.69) is 10.3 Å². The van der Waals surface area contributed by atoms with Crippen molar-refractivity contribution in [3.8, 4) is 5.75 Å². The number of hydrogen-bond donors (Lipinski definition) is 3. The summed E-state index contributed by atoms with van der Waals surface area (Å²) in [5.41, 5.74) is 0.793. The van der Waals surface area contributed by atoms with E-state index in [1.807, 2.05) is 6.07 Å². The largest absolute Gasteiger partial charge is 0.496 e. The van der Waals surface area contributed by atoms with Crippen LogP contribution in [-0.2, 0) is 14.2 Å². The monoisotopic (exact) mass is 656 g/mol. The molecule has 1 saturated carbocycles. The Morgan fingerprint density at radius 2 is 1.91 bits per heavy atom. The molecule has 3 amide bonds. The lowest BCUT2D eigenvalue weighted by atomic mass is 9.91. The van der Waals surface area contributed by atoms with Crippen molar-refractivity contribution in [2.45, 2.75) is 62.1 Å². The van der Waals surface area contributed by atoms with Crippen molar-refractivity contribution < 1.29 is 37.9 Å². The van der Waals surface area contributed by atoms with Gasteiger partial charge in [-0.3, -0.25) is 23.9 Å². The van der Waals surface area contributed by atoms with Gasteiger partial charge in [-0.1, -0.05) is 6.07 Å². The first-order chi connectivity index (χ1) is 21.5. The number of rotatable bonds is 7. The summed E-state index contributed by atoms with van der Waals surface area (Å²) in [5.74, 6) is -1.53. The average Bonchev–Trinajstić information content (AvgIpc) is 3.35. The van der Waals surface area contributed by atoms with Crippen LogP contribution in [0.4, 0.5) is 4.39 Å². The van der Waals surface area contributed by atoms with Crippen LogP contribution in [0.2, 0.25) is 0 Å². The SMILES string of the molecule is COc1ccncc1C1CN(C(=O)[C@@H]2CC[C@@H]3C[C@@H]4C[C@@H]4C[C@H](NC(=O)c4cc5cc(C(F)P(=O)(O)O)ccc5s4)C(=O)N32)C1. The number of pyridine rings is 1. The molecule has 11 nitrogen and oxygen atoms in total.